The predicted molar refractivity (Wildman–Crippen MR) is 85.1 cm³/mol. The first-order chi connectivity index (χ1) is 9.56. The highest BCUT2D eigenvalue weighted by Crippen LogP contribution is 2.25. The molecule has 20 heavy (non-hydrogen) atoms. The summed E-state index contributed by atoms with van der Waals surface area (Å²) in [5, 5.41) is 12.6. The third kappa shape index (κ3) is 3.84. The van der Waals surface area contributed by atoms with Crippen molar-refractivity contribution in [2.24, 2.45) is 0 Å². The lowest BCUT2D eigenvalue weighted by molar-refractivity contribution is 0.261. The molecule has 1 unspecified atom stereocenters. The number of anilines is 1. The van der Waals surface area contributed by atoms with Gasteiger partial charge in [-0.15, -0.1) is 10.2 Å². The number of rotatable bonds is 6. The molecule has 0 amide bonds. The maximum absolute atomic E-state index is 12.2. The summed E-state index contributed by atoms with van der Waals surface area (Å²) in [4.78, 5) is 2.02. The van der Waals surface area contributed by atoms with Crippen molar-refractivity contribution in [3.8, 4) is 0 Å². The van der Waals surface area contributed by atoms with Gasteiger partial charge in [0, 0.05) is 30.3 Å². The lowest BCUT2D eigenvalue weighted by Gasteiger charge is -2.33. The van der Waals surface area contributed by atoms with Crippen LogP contribution in [0.4, 0.5) is 5.13 Å². The SMILES string of the molecule is CCNc1nnc(CN2CCSCC2S(=O)(=O)CC)s1. The average molecular weight is 337 g/mol. The van der Waals surface area contributed by atoms with Gasteiger partial charge in [-0.05, 0) is 6.92 Å². The standard InChI is InChI=1S/C11H20N4O2S3/c1-3-12-11-14-13-9(19-11)7-15-5-6-18-8-10(15)20(16,17)4-2/h10H,3-8H2,1-2H3,(H,12,14). The van der Waals surface area contributed by atoms with Crippen LogP contribution in [0.15, 0.2) is 0 Å². The Morgan fingerprint density at radius 1 is 1.40 bits per heavy atom. The van der Waals surface area contributed by atoms with Gasteiger partial charge in [0.05, 0.1) is 6.54 Å². The summed E-state index contributed by atoms with van der Waals surface area (Å²) in [5.41, 5.74) is 0. The van der Waals surface area contributed by atoms with E-state index in [9.17, 15) is 8.42 Å². The molecule has 1 aliphatic rings. The number of aromatic nitrogens is 2. The van der Waals surface area contributed by atoms with Crippen LogP contribution >= 0.6 is 23.1 Å². The molecule has 1 fully saturated rings. The molecule has 1 atom stereocenters. The topological polar surface area (TPSA) is 75.2 Å². The van der Waals surface area contributed by atoms with Crippen molar-refractivity contribution in [1.82, 2.24) is 15.1 Å². The summed E-state index contributed by atoms with van der Waals surface area (Å²) >= 11 is 3.20. The largest absolute Gasteiger partial charge is 0.360 e. The van der Waals surface area contributed by atoms with Crippen LogP contribution in [-0.4, -0.2) is 59.2 Å². The molecule has 1 saturated heterocycles. The average Bonchev–Trinajstić information content (AvgIpc) is 2.87. The molecule has 0 spiro atoms. The van der Waals surface area contributed by atoms with E-state index in [0.717, 1.165) is 29.0 Å². The Morgan fingerprint density at radius 3 is 2.90 bits per heavy atom. The molecular weight excluding hydrogens is 316 g/mol. The normalized spacial score (nSPS) is 21.0. The van der Waals surface area contributed by atoms with Gasteiger partial charge in [0.2, 0.25) is 5.13 Å². The zero-order valence-corrected chi connectivity index (χ0v) is 14.2. The number of nitrogens with zero attached hydrogens (tertiary/aromatic N) is 3. The highest BCUT2D eigenvalue weighted by molar-refractivity contribution is 8.01. The van der Waals surface area contributed by atoms with Crippen LogP contribution in [-0.2, 0) is 16.4 Å². The van der Waals surface area contributed by atoms with Crippen molar-refractivity contribution in [2.45, 2.75) is 25.8 Å². The van der Waals surface area contributed by atoms with E-state index in [-0.39, 0.29) is 5.75 Å². The summed E-state index contributed by atoms with van der Waals surface area (Å²) < 4.78 is 24.3. The molecule has 1 aliphatic heterocycles. The molecule has 0 bridgehead atoms. The molecule has 1 aromatic rings. The first-order valence-electron chi connectivity index (χ1n) is 6.66. The predicted octanol–water partition coefficient (Wildman–Crippen LogP) is 1.28. The van der Waals surface area contributed by atoms with Gasteiger partial charge in [0.25, 0.3) is 0 Å². The van der Waals surface area contributed by atoms with Crippen molar-refractivity contribution in [3.05, 3.63) is 5.01 Å². The van der Waals surface area contributed by atoms with E-state index in [1.807, 2.05) is 11.8 Å². The summed E-state index contributed by atoms with van der Waals surface area (Å²) in [6.45, 7) is 5.87. The van der Waals surface area contributed by atoms with Crippen molar-refractivity contribution in [2.75, 3.05) is 35.7 Å². The second kappa shape index (κ2) is 7.06. The molecule has 0 radical (unpaired) electrons. The molecule has 0 aliphatic carbocycles. The fourth-order valence-corrected chi connectivity index (χ4v) is 5.95. The van der Waals surface area contributed by atoms with Crippen LogP contribution < -0.4 is 5.32 Å². The van der Waals surface area contributed by atoms with Crippen LogP contribution in [0.25, 0.3) is 0 Å². The lowest BCUT2D eigenvalue weighted by Crippen LogP contribution is -2.47. The first kappa shape index (κ1) is 16.0. The van der Waals surface area contributed by atoms with E-state index in [1.54, 1.807) is 18.7 Å². The molecular formula is C11H20N4O2S3. The van der Waals surface area contributed by atoms with E-state index < -0.39 is 15.2 Å². The second-order valence-corrected chi connectivity index (χ2v) is 9.14. The monoisotopic (exact) mass is 336 g/mol. The third-order valence-corrected chi connectivity index (χ3v) is 7.34. The van der Waals surface area contributed by atoms with Crippen LogP contribution in [0.5, 0.6) is 0 Å². The molecule has 6 nitrogen and oxygen atoms in total. The van der Waals surface area contributed by atoms with Gasteiger partial charge in [-0.3, -0.25) is 4.90 Å². The molecule has 114 valence electrons. The van der Waals surface area contributed by atoms with Crippen molar-refractivity contribution < 1.29 is 8.42 Å². The lowest BCUT2D eigenvalue weighted by atomic mass is 10.4. The Labute approximate surface area is 128 Å². The van der Waals surface area contributed by atoms with Crippen molar-refractivity contribution in [1.29, 1.82) is 0 Å². The fraction of sp³-hybridized carbons (Fsp3) is 0.818. The Balaban J connectivity index is 2.08. The fourth-order valence-electron chi connectivity index (χ4n) is 2.03. The number of thioether (sulfide) groups is 1. The number of sulfone groups is 1. The molecule has 0 aromatic carbocycles. The second-order valence-electron chi connectivity index (χ2n) is 4.48. The maximum Gasteiger partial charge on any atom is 0.205 e. The Hall–Kier alpha value is -0.380. The van der Waals surface area contributed by atoms with Crippen LogP contribution in [0.1, 0.15) is 18.9 Å². The molecule has 0 saturated carbocycles. The van der Waals surface area contributed by atoms with Crippen LogP contribution in [0, 0.1) is 0 Å². The van der Waals surface area contributed by atoms with E-state index in [2.05, 4.69) is 15.5 Å². The third-order valence-electron chi connectivity index (χ3n) is 3.14. The Morgan fingerprint density at radius 2 is 2.20 bits per heavy atom. The maximum atomic E-state index is 12.2. The van der Waals surface area contributed by atoms with E-state index in [0.29, 0.717) is 12.3 Å². The molecule has 9 heteroatoms. The van der Waals surface area contributed by atoms with Gasteiger partial charge in [-0.2, -0.15) is 11.8 Å². The number of hydrogen-bond donors (Lipinski definition) is 1. The minimum absolute atomic E-state index is 0.188. The van der Waals surface area contributed by atoms with Crippen LogP contribution in [0.2, 0.25) is 0 Å². The van der Waals surface area contributed by atoms with Crippen molar-refractivity contribution in [3.63, 3.8) is 0 Å². The molecule has 1 N–H and O–H groups in total. The summed E-state index contributed by atoms with van der Waals surface area (Å²) in [6, 6.07) is 0. The summed E-state index contributed by atoms with van der Waals surface area (Å²) in [7, 11) is -3.05. The van der Waals surface area contributed by atoms with E-state index in [1.165, 1.54) is 11.3 Å². The Kier molecular flexibility index (Phi) is 5.65. The van der Waals surface area contributed by atoms with E-state index in [4.69, 9.17) is 0 Å². The summed E-state index contributed by atoms with van der Waals surface area (Å²) in [5.74, 6) is 1.80. The highest BCUT2D eigenvalue weighted by atomic mass is 32.2. The van der Waals surface area contributed by atoms with E-state index >= 15 is 0 Å². The summed E-state index contributed by atoms with van der Waals surface area (Å²) in [6.07, 6.45) is 0. The van der Waals surface area contributed by atoms with Gasteiger partial charge in [0.15, 0.2) is 9.84 Å². The number of nitrogens with one attached hydrogen (secondary N) is 1. The van der Waals surface area contributed by atoms with Gasteiger partial charge >= 0.3 is 0 Å². The minimum Gasteiger partial charge on any atom is -0.360 e. The van der Waals surface area contributed by atoms with Gasteiger partial charge in [-0.1, -0.05) is 18.3 Å². The Bertz CT molecular complexity index is 532. The molecule has 2 rings (SSSR count). The van der Waals surface area contributed by atoms with Gasteiger partial charge in [0.1, 0.15) is 10.4 Å². The van der Waals surface area contributed by atoms with Gasteiger partial charge in [-0.25, -0.2) is 8.42 Å². The van der Waals surface area contributed by atoms with Gasteiger partial charge < -0.3 is 5.32 Å². The smallest absolute Gasteiger partial charge is 0.205 e. The molecule has 2 heterocycles. The van der Waals surface area contributed by atoms with Crippen LogP contribution in [0.3, 0.4) is 0 Å². The minimum atomic E-state index is -3.05. The zero-order valence-electron chi connectivity index (χ0n) is 11.7. The number of hydrogen-bond acceptors (Lipinski definition) is 8. The zero-order chi connectivity index (χ0) is 14.6. The van der Waals surface area contributed by atoms with Crippen molar-refractivity contribution >= 4 is 38.1 Å². The highest BCUT2D eigenvalue weighted by Gasteiger charge is 2.33. The quantitative estimate of drug-likeness (QED) is 0.838. The molecule has 1 aromatic heterocycles. The first-order valence-corrected chi connectivity index (χ1v) is 10.3.